The van der Waals surface area contributed by atoms with Crippen molar-refractivity contribution in [3.8, 4) is 0 Å². The van der Waals surface area contributed by atoms with Crippen LogP contribution in [-0.2, 0) is 24.4 Å². The molecule has 0 fully saturated rings. The number of rotatable bonds is 7. The number of aryl methyl sites for hydroxylation is 1. The summed E-state index contributed by atoms with van der Waals surface area (Å²) in [5, 5.41) is 6.50. The quantitative estimate of drug-likeness (QED) is 0.833. The van der Waals surface area contributed by atoms with Crippen molar-refractivity contribution >= 4 is 17.4 Å². The number of nitrogens with one attached hydrogen (secondary N) is 1. The Morgan fingerprint density at radius 2 is 2.36 bits per heavy atom. The van der Waals surface area contributed by atoms with E-state index in [0.29, 0.717) is 31.5 Å². The monoisotopic (exact) mass is 325 g/mol. The maximum absolute atomic E-state index is 12.0. The Labute approximate surface area is 132 Å². The molecular formula is C13H19N5O3S. The fourth-order valence-electron chi connectivity index (χ4n) is 1.67. The van der Waals surface area contributed by atoms with E-state index >= 15 is 0 Å². The van der Waals surface area contributed by atoms with Crippen LogP contribution in [-0.4, -0.2) is 39.7 Å². The minimum atomic E-state index is -0.211. The van der Waals surface area contributed by atoms with E-state index in [4.69, 9.17) is 9.26 Å². The lowest BCUT2D eigenvalue weighted by Crippen LogP contribution is -2.36. The van der Waals surface area contributed by atoms with Crippen LogP contribution in [0, 0.1) is 6.92 Å². The zero-order valence-electron chi connectivity index (χ0n) is 12.8. The zero-order valence-corrected chi connectivity index (χ0v) is 13.6. The van der Waals surface area contributed by atoms with Crippen molar-refractivity contribution in [3.05, 3.63) is 27.8 Å². The second-order valence-electron chi connectivity index (χ2n) is 4.62. The zero-order chi connectivity index (χ0) is 15.9. The fourth-order valence-corrected chi connectivity index (χ4v) is 2.49. The topological polar surface area (TPSA) is 93.4 Å². The molecule has 0 bridgehead atoms. The molecule has 8 nitrogen and oxygen atoms in total. The molecule has 0 aliphatic rings. The highest BCUT2D eigenvalue weighted by Gasteiger charge is 2.13. The highest BCUT2D eigenvalue weighted by Crippen LogP contribution is 2.14. The molecule has 0 saturated carbocycles. The van der Waals surface area contributed by atoms with Gasteiger partial charge in [0.15, 0.2) is 5.82 Å². The van der Waals surface area contributed by atoms with Crippen molar-refractivity contribution < 1.29 is 14.1 Å². The highest BCUT2D eigenvalue weighted by molar-refractivity contribution is 7.09. The lowest BCUT2D eigenvalue weighted by Gasteiger charge is -2.16. The second kappa shape index (κ2) is 7.85. The number of hydrogen-bond acceptors (Lipinski definition) is 7. The van der Waals surface area contributed by atoms with Crippen LogP contribution in [0.4, 0.5) is 4.79 Å². The summed E-state index contributed by atoms with van der Waals surface area (Å²) in [5.41, 5.74) is 2.72. The van der Waals surface area contributed by atoms with Crippen molar-refractivity contribution in [3.63, 3.8) is 0 Å². The van der Waals surface area contributed by atoms with Crippen LogP contribution in [0.1, 0.15) is 29.2 Å². The Kier molecular flexibility index (Phi) is 5.84. The third kappa shape index (κ3) is 4.50. The van der Waals surface area contributed by atoms with Gasteiger partial charge in [-0.15, -0.1) is 11.3 Å². The van der Waals surface area contributed by atoms with Gasteiger partial charge in [-0.25, -0.2) is 9.78 Å². The molecule has 0 atom stereocenters. The number of aromatic nitrogens is 3. The van der Waals surface area contributed by atoms with E-state index in [1.165, 1.54) is 11.3 Å². The number of nitrogens with zero attached hydrogens (tertiary/aromatic N) is 4. The minimum absolute atomic E-state index is 0.184. The summed E-state index contributed by atoms with van der Waals surface area (Å²) in [4.78, 5) is 23.0. The molecule has 2 amide bonds. The maximum Gasteiger partial charge on any atom is 0.317 e. The van der Waals surface area contributed by atoms with E-state index in [-0.39, 0.29) is 12.6 Å². The van der Waals surface area contributed by atoms with Gasteiger partial charge in [0.05, 0.1) is 24.3 Å². The molecule has 0 aliphatic heterocycles. The maximum atomic E-state index is 12.0. The first-order valence-electron chi connectivity index (χ1n) is 6.87. The third-order valence-corrected chi connectivity index (χ3v) is 3.83. The first kappa shape index (κ1) is 16.4. The number of ether oxygens (including phenoxy) is 1. The summed E-state index contributed by atoms with van der Waals surface area (Å²) in [5.74, 6) is 0.824. The van der Waals surface area contributed by atoms with Gasteiger partial charge in [-0.3, -0.25) is 0 Å². The molecular weight excluding hydrogens is 306 g/mol. The number of hydrogen-bond donors (Lipinski definition) is 1. The molecule has 0 radical (unpaired) electrons. The smallest absolute Gasteiger partial charge is 0.317 e. The van der Waals surface area contributed by atoms with E-state index in [9.17, 15) is 4.79 Å². The Hall–Kier alpha value is -2.00. The first-order valence-corrected chi connectivity index (χ1v) is 7.75. The predicted molar refractivity (Wildman–Crippen MR) is 80.2 cm³/mol. The van der Waals surface area contributed by atoms with Crippen LogP contribution in [0.25, 0.3) is 0 Å². The summed E-state index contributed by atoms with van der Waals surface area (Å²) < 4.78 is 10.2. The van der Waals surface area contributed by atoms with Crippen molar-refractivity contribution in [2.75, 3.05) is 13.7 Å². The second-order valence-corrected chi connectivity index (χ2v) is 5.56. The van der Waals surface area contributed by atoms with Crippen molar-refractivity contribution in [1.82, 2.24) is 25.3 Å². The number of urea groups is 1. The van der Waals surface area contributed by atoms with Crippen LogP contribution < -0.4 is 5.32 Å². The fraction of sp³-hybridized carbons (Fsp3) is 0.538. The standard InChI is InChI=1S/C13H19N5O3S/c1-4-20-7-11-16-12(21-17-11)5-14-13(19)18(3)6-10-9(2)15-8-22-10/h8H,4-7H2,1-3H3,(H,14,19). The van der Waals surface area contributed by atoms with Gasteiger partial charge < -0.3 is 19.5 Å². The molecule has 0 unspecified atom stereocenters. The Morgan fingerprint density at radius 1 is 1.55 bits per heavy atom. The number of amides is 2. The molecule has 0 spiro atoms. The summed E-state index contributed by atoms with van der Waals surface area (Å²) in [6.07, 6.45) is 0. The first-order chi connectivity index (χ1) is 10.6. The lowest BCUT2D eigenvalue weighted by atomic mass is 10.4. The van der Waals surface area contributed by atoms with E-state index in [1.807, 2.05) is 13.8 Å². The van der Waals surface area contributed by atoms with Gasteiger partial charge in [0.1, 0.15) is 6.61 Å². The predicted octanol–water partition coefficient (Wildman–Crippen LogP) is 1.71. The summed E-state index contributed by atoms with van der Waals surface area (Å²) >= 11 is 1.53. The average Bonchev–Trinajstić information content (AvgIpc) is 3.12. The van der Waals surface area contributed by atoms with Crippen LogP contribution in [0.2, 0.25) is 0 Å². The Morgan fingerprint density at radius 3 is 3.05 bits per heavy atom. The van der Waals surface area contributed by atoms with Crippen LogP contribution in [0.3, 0.4) is 0 Å². The van der Waals surface area contributed by atoms with Crippen molar-refractivity contribution in [1.29, 1.82) is 0 Å². The summed E-state index contributed by atoms with van der Waals surface area (Å²) in [6.45, 7) is 5.41. The van der Waals surface area contributed by atoms with E-state index in [1.54, 1.807) is 17.5 Å². The Balaban J connectivity index is 1.79. The minimum Gasteiger partial charge on any atom is -0.374 e. The molecule has 0 aliphatic carbocycles. The summed E-state index contributed by atoms with van der Waals surface area (Å²) in [7, 11) is 1.73. The van der Waals surface area contributed by atoms with E-state index < -0.39 is 0 Å². The van der Waals surface area contributed by atoms with Gasteiger partial charge in [0.25, 0.3) is 0 Å². The van der Waals surface area contributed by atoms with Crippen molar-refractivity contribution in [2.45, 2.75) is 33.5 Å². The molecule has 0 aromatic carbocycles. The van der Waals surface area contributed by atoms with Crippen LogP contribution >= 0.6 is 11.3 Å². The lowest BCUT2D eigenvalue weighted by molar-refractivity contribution is 0.126. The molecule has 2 rings (SSSR count). The molecule has 1 N–H and O–H groups in total. The molecule has 120 valence electrons. The third-order valence-electron chi connectivity index (χ3n) is 2.91. The highest BCUT2D eigenvalue weighted by atomic mass is 32.1. The van der Waals surface area contributed by atoms with E-state index in [0.717, 1.165) is 10.6 Å². The molecule has 2 aromatic rings. The van der Waals surface area contributed by atoms with Crippen LogP contribution in [0.5, 0.6) is 0 Å². The van der Waals surface area contributed by atoms with Gasteiger partial charge in [-0.2, -0.15) is 4.98 Å². The van der Waals surface area contributed by atoms with Crippen molar-refractivity contribution in [2.24, 2.45) is 0 Å². The van der Waals surface area contributed by atoms with Gasteiger partial charge >= 0.3 is 6.03 Å². The van der Waals surface area contributed by atoms with Gasteiger partial charge in [-0.1, -0.05) is 5.16 Å². The summed E-state index contributed by atoms with van der Waals surface area (Å²) in [6, 6.07) is -0.211. The van der Waals surface area contributed by atoms with Crippen LogP contribution in [0.15, 0.2) is 10.0 Å². The number of thiazole rings is 1. The average molecular weight is 325 g/mol. The molecule has 0 saturated heterocycles. The normalized spacial score (nSPS) is 10.7. The number of carbonyl (C=O) groups excluding carboxylic acids is 1. The SMILES string of the molecule is CCOCc1noc(CNC(=O)N(C)Cc2scnc2C)n1. The van der Waals surface area contributed by atoms with E-state index in [2.05, 4.69) is 20.4 Å². The van der Waals surface area contributed by atoms with Gasteiger partial charge in [-0.05, 0) is 13.8 Å². The largest absolute Gasteiger partial charge is 0.374 e. The molecule has 9 heteroatoms. The Bertz CT molecular complexity index is 612. The van der Waals surface area contributed by atoms with Gasteiger partial charge in [0, 0.05) is 18.5 Å². The molecule has 2 aromatic heterocycles. The number of carbonyl (C=O) groups is 1. The van der Waals surface area contributed by atoms with Gasteiger partial charge in [0.2, 0.25) is 5.89 Å². The molecule has 22 heavy (non-hydrogen) atoms. The molecule has 2 heterocycles.